The fraction of sp³-hybridized carbons (Fsp3) is 0.143. The summed E-state index contributed by atoms with van der Waals surface area (Å²) in [4.78, 5) is 15.9. The number of amides is 1. The Morgan fingerprint density at radius 3 is 2.63 bits per heavy atom. The molecule has 0 aliphatic carbocycles. The van der Waals surface area contributed by atoms with Crippen molar-refractivity contribution in [3.8, 4) is 0 Å². The van der Waals surface area contributed by atoms with E-state index in [2.05, 4.69) is 10.3 Å². The highest BCUT2D eigenvalue weighted by Gasteiger charge is 2.14. The fourth-order valence-corrected chi connectivity index (χ4v) is 1.75. The Kier molecular flexibility index (Phi) is 3.75. The summed E-state index contributed by atoms with van der Waals surface area (Å²) in [5.41, 5.74) is 6.95. The number of pyridine rings is 1. The lowest BCUT2D eigenvalue weighted by atomic mass is 10.1. The topological polar surface area (TPSA) is 68.0 Å². The quantitative estimate of drug-likeness (QED) is 0.831. The second kappa shape index (κ2) is 5.48. The molecule has 0 spiro atoms. The number of hydrogen-bond donors (Lipinski definition) is 2. The van der Waals surface area contributed by atoms with Gasteiger partial charge in [-0.1, -0.05) is 0 Å². The fourth-order valence-electron chi connectivity index (χ4n) is 1.75. The Morgan fingerprint density at radius 2 is 2.00 bits per heavy atom. The molecule has 1 amide bonds. The van der Waals surface area contributed by atoms with E-state index in [1.807, 2.05) is 19.1 Å². The average molecular weight is 259 g/mol. The maximum Gasteiger partial charge on any atom is 0.253 e. The Morgan fingerprint density at radius 1 is 1.32 bits per heavy atom. The molecule has 0 radical (unpaired) electrons. The third-order valence-corrected chi connectivity index (χ3v) is 2.81. The van der Waals surface area contributed by atoms with Gasteiger partial charge in [-0.2, -0.15) is 0 Å². The largest absolute Gasteiger partial charge is 0.398 e. The number of benzene rings is 1. The summed E-state index contributed by atoms with van der Waals surface area (Å²) < 4.78 is 12.9. The van der Waals surface area contributed by atoms with E-state index < -0.39 is 5.82 Å². The number of aromatic nitrogens is 1. The van der Waals surface area contributed by atoms with Gasteiger partial charge in [0.05, 0.1) is 11.6 Å². The maximum absolute atomic E-state index is 12.9. The van der Waals surface area contributed by atoms with Gasteiger partial charge in [0.1, 0.15) is 5.82 Å². The molecule has 0 saturated heterocycles. The summed E-state index contributed by atoms with van der Waals surface area (Å²) in [7, 11) is 0. The molecule has 1 aromatic carbocycles. The number of anilines is 1. The molecule has 98 valence electrons. The average Bonchev–Trinajstić information content (AvgIpc) is 2.39. The molecular formula is C14H14FN3O. The molecule has 2 aromatic rings. The summed E-state index contributed by atoms with van der Waals surface area (Å²) in [6, 6.07) is 7.17. The molecule has 0 unspecified atom stereocenters. The lowest BCUT2D eigenvalue weighted by Gasteiger charge is -2.15. The van der Waals surface area contributed by atoms with Crippen LogP contribution in [-0.2, 0) is 0 Å². The molecule has 3 N–H and O–H groups in total. The highest BCUT2D eigenvalue weighted by Crippen LogP contribution is 2.16. The summed E-state index contributed by atoms with van der Waals surface area (Å²) in [5, 5.41) is 2.80. The summed E-state index contributed by atoms with van der Waals surface area (Å²) in [6.07, 6.45) is 3.31. The van der Waals surface area contributed by atoms with Crippen LogP contribution < -0.4 is 11.1 Å². The predicted octanol–water partition coefficient (Wildman–Crippen LogP) is 2.29. The van der Waals surface area contributed by atoms with Crippen molar-refractivity contribution in [1.29, 1.82) is 0 Å². The molecule has 1 atom stereocenters. The second-order valence-electron chi connectivity index (χ2n) is 4.21. The van der Waals surface area contributed by atoms with Gasteiger partial charge in [0, 0.05) is 18.1 Å². The molecule has 0 aliphatic rings. The van der Waals surface area contributed by atoms with E-state index in [4.69, 9.17) is 5.73 Å². The molecule has 0 bridgehead atoms. The van der Waals surface area contributed by atoms with Crippen LogP contribution in [0.15, 0.2) is 42.7 Å². The van der Waals surface area contributed by atoms with Crippen LogP contribution >= 0.6 is 0 Å². The van der Waals surface area contributed by atoms with Crippen molar-refractivity contribution in [1.82, 2.24) is 10.3 Å². The normalized spacial score (nSPS) is 11.9. The number of nitrogens with zero attached hydrogens (tertiary/aromatic N) is 1. The van der Waals surface area contributed by atoms with E-state index >= 15 is 0 Å². The summed E-state index contributed by atoms with van der Waals surface area (Å²) in [5.74, 6) is -0.793. The number of halogens is 1. The lowest BCUT2D eigenvalue weighted by molar-refractivity contribution is 0.0940. The number of carbonyl (C=O) groups excluding carboxylic acids is 1. The molecule has 0 saturated carbocycles. The van der Waals surface area contributed by atoms with Crippen molar-refractivity contribution >= 4 is 11.6 Å². The highest BCUT2D eigenvalue weighted by atomic mass is 19.1. The first-order chi connectivity index (χ1) is 9.08. The Labute approximate surface area is 110 Å². The molecule has 0 aliphatic heterocycles. The Balaban J connectivity index is 2.13. The first-order valence-corrected chi connectivity index (χ1v) is 5.83. The van der Waals surface area contributed by atoms with Crippen LogP contribution in [0.3, 0.4) is 0 Å². The minimum Gasteiger partial charge on any atom is -0.398 e. The zero-order valence-electron chi connectivity index (χ0n) is 10.4. The molecule has 1 heterocycles. The van der Waals surface area contributed by atoms with Gasteiger partial charge in [-0.15, -0.1) is 0 Å². The molecular weight excluding hydrogens is 245 g/mol. The van der Waals surface area contributed by atoms with Gasteiger partial charge >= 0.3 is 0 Å². The summed E-state index contributed by atoms with van der Waals surface area (Å²) >= 11 is 0. The number of nitrogens with one attached hydrogen (secondary N) is 1. The number of nitrogens with two attached hydrogens (primary N) is 1. The first-order valence-electron chi connectivity index (χ1n) is 5.83. The summed E-state index contributed by atoms with van der Waals surface area (Å²) in [6.45, 7) is 1.85. The number of hydrogen-bond acceptors (Lipinski definition) is 3. The molecule has 5 heteroatoms. The van der Waals surface area contributed by atoms with Crippen LogP contribution in [0.2, 0.25) is 0 Å². The molecule has 1 aromatic heterocycles. The second-order valence-corrected chi connectivity index (χ2v) is 4.21. The predicted molar refractivity (Wildman–Crippen MR) is 70.9 cm³/mol. The number of carbonyl (C=O) groups is 1. The zero-order valence-corrected chi connectivity index (χ0v) is 10.4. The SMILES string of the molecule is C[C@H](NC(=O)c1ccc(F)cc1N)c1ccncc1. The standard InChI is InChI=1S/C14H14FN3O/c1-9(10-4-6-17-7-5-10)18-14(19)12-3-2-11(15)8-13(12)16/h2-9H,16H2,1H3,(H,18,19)/t9-/m0/s1. The molecule has 19 heavy (non-hydrogen) atoms. The van der Waals surface area contributed by atoms with E-state index in [0.717, 1.165) is 11.6 Å². The van der Waals surface area contributed by atoms with Crippen molar-refractivity contribution in [3.05, 3.63) is 59.7 Å². The van der Waals surface area contributed by atoms with Crippen molar-refractivity contribution < 1.29 is 9.18 Å². The van der Waals surface area contributed by atoms with Crippen LogP contribution in [0, 0.1) is 5.82 Å². The smallest absolute Gasteiger partial charge is 0.253 e. The third-order valence-electron chi connectivity index (χ3n) is 2.81. The van der Waals surface area contributed by atoms with Gasteiger partial charge in [0.25, 0.3) is 5.91 Å². The van der Waals surface area contributed by atoms with E-state index in [-0.39, 0.29) is 23.2 Å². The minimum atomic E-state index is -0.462. The first kappa shape index (κ1) is 13.0. The van der Waals surface area contributed by atoms with Crippen LogP contribution in [0.5, 0.6) is 0 Å². The molecule has 0 fully saturated rings. The maximum atomic E-state index is 12.9. The van der Waals surface area contributed by atoms with Crippen LogP contribution in [0.25, 0.3) is 0 Å². The van der Waals surface area contributed by atoms with Gasteiger partial charge in [0.2, 0.25) is 0 Å². The number of rotatable bonds is 3. The Hall–Kier alpha value is -2.43. The molecule has 2 rings (SSSR count). The third kappa shape index (κ3) is 3.07. The van der Waals surface area contributed by atoms with Gasteiger partial charge in [-0.3, -0.25) is 9.78 Å². The lowest BCUT2D eigenvalue weighted by Crippen LogP contribution is -2.27. The monoisotopic (exact) mass is 259 g/mol. The van der Waals surface area contributed by atoms with Gasteiger partial charge in [-0.25, -0.2) is 4.39 Å². The number of nitrogen functional groups attached to an aromatic ring is 1. The van der Waals surface area contributed by atoms with Gasteiger partial charge in [0.15, 0.2) is 0 Å². The highest BCUT2D eigenvalue weighted by molar-refractivity contribution is 5.99. The van der Waals surface area contributed by atoms with Crippen molar-refractivity contribution in [3.63, 3.8) is 0 Å². The van der Waals surface area contributed by atoms with Crippen molar-refractivity contribution in [2.45, 2.75) is 13.0 Å². The van der Waals surface area contributed by atoms with Gasteiger partial charge < -0.3 is 11.1 Å². The van der Waals surface area contributed by atoms with Crippen molar-refractivity contribution in [2.75, 3.05) is 5.73 Å². The van der Waals surface area contributed by atoms with Gasteiger partial charge in [-0.05, 0) is 42.8 Å². The van der Waals surface area contributed by atoms with Crippen LogP contribution in [0.4, 0.5) is 10.1 Å². The van der Waals surface area contributed by atoms with E-state index in [1.54, 1.807) is 12.4 Å². The zero-order chi connectivity index (χ0) is 13.8. The molecule has 4 nitrogen and oxygen atoms in total. The van der Waals surface area contributed by atoms with E-state index in [9.17, 15) is 9.18 Å². The van der Waals surface area contributed by atoms with Crippen molar-refractivity contribution in [2.24, 2.45) is 0 Å². The van der Waals surface area contributed by atoms with E-state index in [0.29, 0.717) is 0 Å². The van der Waals surface area contributed by atoms with E-state index in [1.165, 1.54) is 12.1 Å². The minimum absolute atomic E-state index is 0.124. The van der Waals surface area contributed by atoms with Crippen LogP contribution in [-0.4, -0.2) is 10.9 Å². The Bertz CT molecular complexity index is 586. The van der Waals surface area contributed by atoms with Crippen LogP contribution in [0.1, 0.15) is 28.9 Å².